The van der Waals surface area contributed by atoms with E-state index in [-0.39, 0.29) is 24.7 Å². The van der Waals surface area contributed by atoms with E-state index < -0.39 is 17.9 Å². The number of carbonyl (C=O) groups excluding carboxylic acids is 2. The van der Waals surface area contributed by atoms with Crippen LogP contribution in [0.1, 0.15) is 11.1 Å². The van der Waals surface area contributed by atoms with E-state index in [1.54, 1.807) is 18.2 Å². The zero-order valence-electron chi connectivity index (χ0n) is 15.3. The molecule has 2 aromatic rings. The molecule has 0 fully saturated rings. The summed E-state index contributed by atoms with van der Waals surface area (Å²) in [5, 5.41) is 21.6. The second kappa shape index (κ2) is 8.87. The molecule has 0 saturated heterocycles. The van der Waals surface area contributed by atoms with E-state index in [1.807, 2.05) is 0 Å². The molecule has 1 unspecified atom stereocenters. The number of methoxy groups -OCH3 is 1. The molecule has 0 aliphatic carbocycles. The Hall–Kier alpha value is -3.20. The summed E-state index contributed by atoms with van der Waals surface area (Å²) in [5.74, 6) is -0.541. The van der Waals surface area contributed by atoms with E-state index in [4.69, 9.17) is 14.2 Å². The van der Waals surface area contributed by atoms with Gasteiger partial charge in [0.1, 0.15) is 6.04 Å². The van der Waals surface area contributed by atoms with E-state index >= 15 is 0 Å². The van der Waals surface area contributed by atoms with Crippen molar-refractivity contribution in [3.63, 3.8) is 0 Å². The van der Waals surface area contributed by atoms with E-state index in [0.717, 1.165) is 4.47 Å². The number of aromatic hydroxyl groups is 2. The number of hydrogen-bond donors (Lipinski definition) is 3. The number of hydrogen-bond acceptors (Lipinski definition) is 7. The number of esters is 1. The van der Waals surface area contributed by atoms with Crippen molar-refractivity contribution in [2.45, 2.75) is 12.5 Å². The number of carbonyl (C=O) groups is 2. The van der Waals surface area contributed by atoms with Crippen LogP contribution in [0.25, 0.3) is 6.08 Å². The summed E-state index contributed by atoms with van der Waals surface area (Å²) in [6.45, 7) is 0.142. The molecule has 1 aliphatic rings. The number of phenolic OH excluding ortho intramolecular Hbond substituents is 2. The minimum absolute atomic E-state index is 0.0772. The van der Waals surface area contributed by atoms with Gasteiger partial charge in [-0.15, -0.1) is 0 Å². The lowest BCUT2D eigenvalue weighted by molar-refractivity contribution is -0.144. The van der Waals surface area contributed by atoms with Crippen LogP contribution in [0.15, 0.2) is 40.9 Å². The standard InChI is InChI=1S/C20H18BrNO7/c1-27-20(26)14(6-11-2-4-15(23)16(24)7-11)22-19(25)5-3-12-8-17-18(9-13(12)21)29-10-28-17/h2-5,7-9,14,23-24H,6,10H2,1H3,(H,22,25)/b5-3+. The molecule has 1 heterocycles. The third kappa shape index (κ3) is 5.00. The molecule has 3 N–H and O–H groups in total. The summed E-state index contributed by atoms with van der Waals surface area (Å²) in [6.07, 6.45) is 2.93. The smallest absolute Gasteiger partial charge is 0.328 e. The lowest BCUT2D eigenvalue weighted by Crippen LogP contribution is -2.42. The molecule has 1 aliphatic heterocycles. The Morgan fingerprint density at radius 3 is 2.62 bits per heavy atom. The van der Waals surface area contributed by atoms with Gasteiger partial charge >= 0.3 is 5.97 Å². The summed E-state index contributed by atoms with van der Waals surface area (Å²) < 4.78 is 16.1. The molecule has 2 aromatic carbocycles. The number of phenols is 2. The first-order chi connectivity index (χ1) is 13.9. The highest BCUT2D eigenvalue weighted by atomic mass is 79.9. The summed E-state index contributed by atoms with van der Waals surface area (Å²) in [7, 11) is 1.22. The Balaban J connectivity index is 1.70. The van der Waals surface area contributed by atoms with Crippen LogP contribution < -0.4 is 14.8 Å². The lowest BCUT2D eigenvalue weighted by atomic mass is 10.1. The van der Waals surface area contributed by atoms with Crippen LogP contribution in [0.2, 0.25) is 0 Å². The van der Waals surface area contributed by atoms with Crippen molar-refractivity contribution in [1.29, 1.82) is 0 Å². The Kier molecular flexibility index (Phi) is 6.28. The summed E-state index contributed by atoms with van der Waals surface area (Å²) in [5.41, 5.74) is 1.24. The minimum Gasteiger partial charge on any atom is -0.504 e. The predicted octanol–water partition coefficient (Wildman–Crippen LogP) is 2.50. The SMILES string of the molecule is COC(=O)C(Cc1ccc(O)c(O)c1)NC(=O)/C=C/c1cc2c(cc1Br)OCO2. The normalized spacial score (nSPS) is 13.3. The molecule has 152 valence electrons. The maximum atomic E-state index is 12.3. The first kappa shape index (κ1) is 20.5. The number of fused-ring (bicyclic) bond motifs is 1. The average molecular weight is 464 g/mol. The van der Waals surface area contributed by atoms with Gasteiger partial charge in [-0.05, 0) is 41.5 Å². The Labute approximate surface area is 174 Å². The number of halogens is 1. The number of rotatable bonds is 6. The zero-order valence-corrected chi connectivity index (χ0v) is 16.9. The van der Waals surface area contributed by atoms with Gasteiger partial charge in [-0.3, -0.25) is 4.79 Å². The molecule has 1 amide bonds. The second-order valence-electron chi connectivity index (χ2n) is 6.17. The van der Waals surface area contributed by atoms with Gasteiger partial charge in [0, 0.05) is 17.0 Å². The highest BCUT2D eigenvalue weighted by Gasteiger charge is 2.22. The highest BCUT2D eigenvalue weighted by molar-refractivity contribution is 9.10. The van der Waals surface area contributed by atoms with Crippen molar-refractivity contribution >= 4 is 33.9 Å². The molecule has 29 heavy (non-hydrogen) atoms. The predicted molar refractivity (Wildman–Crippen MR) is 107 cm³/mol. The molecular weight excluding hydrogens is 446 g/mol. The summed E-state index contributed by atoms with van der Waals surface area (Å²) >= 11 is 3.41. The van der Waals surface area contributed by atoms with E-state index in [0.29, 0.717) is 22.6 Å². The Morgan fingerprint density at radius 2 is 1.93 bits per heavy atom. The molecule has 0 radical (unpaired) electrons. The molecular formula is C20H18BrNO7. The van der Waals surface area contributed by atoms with Crippen molar-refractivity contribution in [2.75, 3.05) is 13.9 Å². The Morgan fingerprint density at radius 1 is 1.21 bits per heavy atom. The largest absolute Gasteiger partial charge is 0.504 e. The lowest BCUT2D eigenvalue weighted by Gasteiger charge is -2.16. The van der Waals surface area contributed by atoms with Crippen LogP contribution in [-0.2, 0) is 20.7 Å². The summed E-state index contributed by atoms with van der Waals surface area (Å²) in [4.78, 5) is 24.4. The molecule has 0 spiro atoms. The molecule has 1 atom stereocenters. The van der Waals surface area contributed by atoms with E-state index in [9.17, 15) is 19.8 Å². The van der Waals surface area contributed by atoms with Crippen LogP contribution in [0.5, 0.6) is 23.0 Å². The van der Waals surface area contributed by atoms with Crippen LogP contribution >= 0.6 is 15.9 Å². The third-order valence-corrected chi connectivity index (χ3v) is 4.87. The van der Waals surface area contributed by atoms with Gasteiger partial charge in [-0.25, -0.2) is 4.79 Å². The van der Waals surface area contributed by atoms with Crippen LogP contribution in [-0.4, -0.2) is 42.0 Å². The fourth-order valence-corrected chi connectivity index (χ4v) is 3.17. The number of amides is 1. The molecule has 9 heteroatoms. The van der Waals surface area contributed by atoms with Gasteiger partial charge in [0.05, 0.1) is 7.11 Å². The van der Waals surface area contributed by atoms with Gasteiger partial charge in [-0.1, -0.05) is 22.0 Å². The van der Waals surface area contributed by atoms with Crippen LogP contribution in [0.4, 0.5) is 0 Å². The van der Waals surface area contributed by atoms with Gasteiger partial charge in [0.15, 0.2) is 23.0 Å². The number of ether oxygens (including phenoxy) is 3. The first-order valence-electron chi connectivity index (χ1n) is 8.53. The van der Waals surface area contributed by atoms with Gasteiger partial charge in [0.25, 0.3) is 0 Å². The fraction of sp³-hybridized carbons (Fsp3) is 0.200. The molecule has 0 aromatic heterocycles. The fourth-order valence-electron chi connectivity index (χ4n) is 2.71. The summed E-state index contributed by atoms with van der Waals surface area (Å²) in [6, 6.07) is 6.66. The number of benzene rings is 2. The zero-order chi connectivity index (χ0) is 21.0. The maximum Gasteiger partial charge on any atom is 0.328 e. The van der Waals surface area contributed by atoms with Gasteiger partial charge in [-0.2, -0.15) is 0 Å². The van der Waals surface area contributed by atoms with Crippen molar-refractivity contribution < 1.29 is 34.0 Å². The molecule has 0 saturated carbocycles. The van der Waals surface area contributed by atoms with E-state index in [2.05, 4.69) is 21.2 Å². The van der Waals surface area contributed by atoms with Gasteiger partial charge < -0.3 is 29.7 Å². The quantitative estimate of drug-likeness (QED) is 0.342. The van der Waals surface area contributed by atoms with Crippen LogP contribution in [0, 0.1) is 0 Å². The second-order valence-corrected chi connectivity index (χ2v) is 7.03. The van der Waals surface area contributed by atoms with Crippen molar-refractivity contribution in [1.82, 2.24) is 5.32 Å². The van der Waals surface area contributed by atoms with E-state index in [1.165, 1.54) is 31.4 Å². The monoisotopic (exact) mass is 463 g/mol. The minimum atomic E-state index is -0.971. The van der Waals surface area contributed by atoms with Crippen molar-refractivity contribution in [3.8, 4) is 23.0 Å². The molecule has 3 rings (SSSR count). The van der Waals surface area contributed by atoms with Crippen molar-refractivity contribution in [3.05, 3.63) is 52.0 Å². The molecule has 0 bridgehead atoms. The maximum absolute atomic E-state index is 12.3. The van der Waals surface area contributed by atoms with Crippen molar-refractivity contribution in [2.24, 2.45) is 0 Å². The van der Waals surface area contributed by atoms with Gasteiger partial charge in [0.2, 0.25) is 12.7 Å². The average Bonchev–Trinajstić information content (AvgIpc) is 3.14. The third-order valence-electron chi connectivity index (χ3n) is 4.19. The molecule has 8 nitrogen and oxygen atoms in total. The Bertz CT molecular complexity index is 974. The topological polar surface area (TPSA) is 114 Å². The highest BCUT2D eigenvalue weighted by Crippen LogP contribution is 2.37. The first-order valence-corrected chi connectivity index (χ1v) is 9.33. The van der Waals surface area contributed by atoms with Crippen LogP contribution in [0.3, 0.4) is 0 Å². The number of nitrogens with one attached hydrogen (secondary N) is 1.